The van der Waals surface area contributed by atoms with Gasteiger partial charge < -0.3 is 10.1 Å². The summed E-state index contributed by atoms with van der Waals surface area (Å²) in [6, 6.07) is 0. The van der Waals surface area contributed by atoms with Crippen LogP contribution in [0.5, 0.6) is 0 Å². The van der Waals surface area contributed by atoms with Crippen molar-refractivity contribution in [3.05, 3.63) is 0 Å². The molecule has 1 heterocycles. The smallest absolute Gasteiger partial charge is 0.305 e. The van der Waals surface area contributed by atoms with Crippen LogP contribution in [-0.4, -0.2) is 26.2 Å². The summed E-state index contributed by atoms with van der Waals surface area (Å²) in [5.41, 5.74) is 0. The number of esters is 1. The van der Waals surface area contributed by atoms with Crippen molar-refractivity contribution in [3.63, 3.8) is 0 Å². The number of piperidine rings is 1. The third-order valence-electron chi connectivity index (χ3n) is 2.08. The summed E-state index contributed by atoms with van der Waals surface area (Å²) < 4.78 is 4.59. The molecule has 0 unspecified atom stereocenters. The maximum absolute atomic E-state index is 10.8. The van der Waals surface area contributed by atoms with Gasteiger partial charge in [0.1, 0.15) is 0 Å². The molecule has 1 aliphatic heterocycles. The molecule has 0 aromatic carbocycles. The monoisotopic (exact) mass is 157 g/mol. The standard InChI is InChI=1S/C8H15NO2/c1-11-8(10)5-7-3-2-4-9-6-7/h7,9H,2-6H2,1H3/t7-/m0/s1. The molecule has 0 radical (unpaired) electrons. The number of hydrogen-bond donors (Lipinski definition) is 1. The number of ether oxygens (including phenoxy) is 1. The second-order valence-corrected chi connectivity index (χ2v) is 2.99. The van der Waals surface area contributed by atoms with E-state index in [4.69, 9.17) is 0 Å². The van der Waals surface area contributed by atoms with Gasteiger partial charge in [0.05, 0.1) is 7.11 Å². The number of methoxy groups -OCH3 is 1. The molecule has 1 fully saturated rings. The molecule has 0 saturated carbocycles. The molecule has 3 nitrogen and oxygen atoms in total. The van der Waals surface area contributed by atoms with Crippen molar-refractivity contribution < 1.29 is 9.53 Å². The highest BCUT2D eigenvalue weighted by molar-refractivity contribution is 5.69. The van der Waals surface area contributed by atoms with Gasteiger partial charge in [0.25, 0.3) is 0 Å². The van der Waals surface area contributed by atoms with Gasteiger partial charge in [0.2, 0.25) is 0 Å². The van der Waals surface area contributed by atoms with Gasteiger partial charge in [0, 0.05) is 6.42 Å². The minimum atomic E-state index is -0.0845. The minimum Gasteiger partial charge on any atom is -0.469 e. The van der Waals surface area contributed by atoms with Crippen molar-refractivity contribution in [1.29, 1.82) is 0 Å². The van der Waals surface area contributed by atoms with Crippen LogP contribution in [0.2, 0.25) is 0 Å². The third-order valence-corrected chi connectivity index (χ3v) is 2.08. The van der Waals surface area contributed by atoms with Crippen LogP contribution >= 0.6 is 0 Å². The van der Waals surface area contributed by atoms with E-state index >= 15 is 0 Å². The molecule has 0 amide bonds. The molecule has 0 aliphatic carbocycles. The average Bonchev–Trinajstić information content (AvgIpc) is 2.06. The van der Waals surface area contributed by atoms with Gasteiger partial charge in [-0.1, -0.05) is 0 Å². The van der Waals surface area contributed by atoms with Crippen molar-refractivity contribution in [2.75, 3.05) is 20.2 Å². The molecule has 0 aromatic rings. The highest BCUT2D eigenvalue weighted by atomic mass is 16.5. The van der Waals surface area contributed by atoms with E-state index in [2.05, 4.69) is 10.1 Å². The lowest BCUT2D eigenvalue weighted by Crippen LogP contribution is -2.31. The van der Waals surface area contributed by atoms with Crippen molar-refractivity contribution in [2.45, 2.75) is 19.3 Å². The Bertz CT molecular complexity index is 130. The fourth-order valence-corrected chi connectivity index (χ4v) is 1.42. The van der Waals surface area contributed by atoms with Crippen molar-refractivity contribution in [1.82, 2.24) is 5.32 Å². The van der Waals surface area contributed by atoms with Crippen LogP contribution in [0, 0.1) is 5.92 Å². The first-order chi connectivity index (χ1) is 5.33. The maximum Gasteiger partial charge on any atom is 0.305 e. The first-order valence-electron chi connectivity index (χ1n) is 4.10. The number of rotatable bonds is 2. The molecular weight excluding hydrogens is 142 g/mol. The lowest BCUT2D eigenvalue weighted by Gasteiger charge is -2.21. The van der Waals surface area contributed by atoms with Gasteiger partial charge >= 0.3 is 5.97 Å². The molecule has 0 aromatic heterocycles. The topological polar surface area (TPSA) is 38.3 Å². The zero-order chi connectivity index (χ0) is 8.10. The molecule has 0 bridgehead atoms. The van der Waals surface area contributed by atoms with E-state index in [0.717, 1.165) is 19.5 Å². The van der Waals surface area contributed by atoms with Crippen LogP contribution in [0.4, 0.5) is 0 Å². The van der Waals surface area contributed by atoms with Crippen LogP contribution in [0.25, 0.3) is 0 Å². The summed E-state index contributed by atoms with van der Waals surface area (Å²) in [5.74, 6) is 0.412. The molecule has 1 N–H and O–H groups in total. The molecule has 1 aliphatic rings. The predicted molar refractivity (Wildman–Crippen MR) is 42.2 cm³/mol. The van der Waals surface area contributed by atoms with E-state index in [9.17, 15) is 4.79 Å². The Balaban J connectivity index is 2.19. The van der Waals surface area contributed by atoms with E-state index in [0.29, 0.717) is 12.3 Å². The highest BCUT2D eigenvalue weighted by Crippen LogP contribution is 2.13. The molecule has 1 rings (SSSR count). The third kappa shape index (κ3) is 2.89. The van der Waals surface area contributed by atoms with Crippen LogP contribution < -0.4 is 5.32 Å². The average molecular weight is 157 g/mol. The Morgan fingerprint density at radius 3 is 3.09 bits per heavy atom. The van der Waals surface area contributed by atoms with Crippen molar-refractivity contribution >= 4 is 5.97 Å². The van der Waals surface area contributed by atoms with E-state index in [1.54, 1.807) is 0 Å². The molecule has 64 valence electrons. The van der Waals surface area contributed by atoms with E-state index in [-0.39, 0.29) is 5.97 Å². The summed E-state index contributed by atoms with van der Waals surface area (Å²) in [7, 11) is 1.44. The second kappa shape index (κ2) is 4.34. The van der Waals surface area contributed by atoms with Gasteiger partial charge in [-0.25, -0.2) is 0 Å². The summed E-state index contributed by atoms with van der Waals surface area (Å²) >= 11 is 0. The van der Waals surface area contributed by atoms with Gasteiger partial charge in [-0.05, 0) is 31.8 Å². The Morgan fingerprint density at radius 1 is 1.73 bits per heavy atom. The SMILES string of the molecule is COC(=O)C[C@@H]1CCCNC1. The molecule has 3 heteroatoms. The van der Waals surface area contributed by atoms with E-state index < -0.39 is 0 Å². The van der Waals surface area contributed by atoms with Gasteiger partial charge in [0.15, 0.2) is 0 Å². The van der Waals surface area contributed by atoms with Crippen LogP contribution in [0.3, 0.4) is 0 Å². The summed E-state index contributed by atoms with van der Waals surface area (Å²) in [6.07, 6.45) is 2.91. The Morgan fingerprint density at radius 2 is 2.55 bits per heavy atom. The highest BCUT2D eigenvalue weighted by Gasteiger charge is 2.16. The van der Waals surface area contributed by atoms with Crippen molar-refractivity contribution in [2.24, 2.45) is 5.92 Å². The van der Waals surface area contributed by atoms with Gasteiger partial charge in [-0.2, -0.15) is 0 Å². The summed E-state index contributed by atoms with van der Waals surface area (Å²) in [6.45, 7) is 2.06. The fourth-order valence-electron chi connectivity index (χ4n) is 1.42. The molecule has 11 heavy (non-hydrogen) atoms. The van der Waals surface area contributed by atoms with E-state index in [1.165, 1.54) is 13.5 Å². The van der Waals surface area contributed by atoms with Gasteiger partial charge in [-0.15, -0.1) is 0 Å². The summed E-state index contributed by atoms with van der Waals surface area (Å²) in [5, 5.41) is 3.26. The van der Waals surface area contributed by atoms with Gasteiger partial charge in [-0.3, -0.25) is 4.79 Å². The lowest BCUT2D eigenvalue weighted by atomic mass is 9.96. The Kier molecular flexibility index (Phi) is 3.36. The largest absolute Gasteiger partial charge is 0.469 e. The number of hydrogen-bond acceptors (Lipinski definition) is 3. The maximum atomic E-state index is 10.8. The zero-order valence-electron chi connectivity index (χ0n) is 6.93. The normalized spacial score (nSPS) is 24.6. The molecule has 0 spiro atoms. The van der Waals surface area contributed by atoms with Crippen LogP contribution in [0.15, 0.2) is 0 Å². The predicted octanol–water partition coefficient (Wildman–Crippen LogP) is 0.549. The molecule has 1 saturated heterocycles. The number of carbonyl (C=O) groups excluding carboxylic acids is 1. The van der Waals surface area contributed by atoms with Crippen LogP contribution in [0.1, 0.15) is 19.3 Å². The quantitative estimate of drug-likeness (QED) is 0.595. The van der Waals surface area contributed by atoms with E-state index in [1.807, 2.05) is 0 Å². The number of nitrogens with one attached hydrogen (secondary N) is 1. The lowest BCUT2D eigenvalue weighted by molar-refractivity contribution is -0.141. The first-order valence-corrected chi connectivity index (χ1v) is 4.10. The Hall–Kier alpha value is -0.570. The van der Waals surface area contributed by atoms with Crippen molar-refractivity contribution in [3.8, 4) is 0 Å². The Labute approximate surface area is 67.1 Å². The van der Waals surface area contributed by atoms with Crippen LogP contribution in [-0.2, 0) is 9.53 Å². The summed E-state index contributed by atoms with van der Waals surface area (Å²) in [4.78, 5) is 10.8. The minimum absolute atomic E-state index is 0.0845. The molecule has 1 atom stereocenters. The molecular formula is C8H15NO2. The number of carbonyl (C=O) groups is 1. The second-order valence-electron chi connectivity index (χ2n) is 2.99. The first kappa shape index (κ1) is 8.53. The fraction of sp³-hybridized carbons (Fsp3) is 0.875. The zero-order valence-corrected chi connectivity index (χ0v) is 6.93.